The van der Waals surface area contributed by atoms with Crippen LogP contribution in [0, 0.1) is 11.8 Å². The van der Waals surface area contributed by atoms with E-state index in [1.54, 1.807) is 12.4 Å². The number of nitrogen functional groups attached to an aromatic ring is 1. The van der Waals surface area contributed by atoms with Crippen LogP contribution in [0.2, 0.25) is 0 Å². The molecule has 6 nitrogen and oxygen atoms in total. The Hall–Kier alpha value is -2.67. The van der Waals surface area contributed by atoms with Crippen LogP contribution in [-0.4, -0.2) is 40.4 Å². The quantitative estimate of drug-likeness (QED) is 0.627. The number of halogens is 2. The van der Waals surface area contributed by atoms with E-state index >= 15 is 0 Å². The molecular weight excluding hydrogens is 433 g/mol. The third kappa shape index (κ3) is 4.37. The number of rotatable bonds is 3. The lowest BCUT2D eigenvalue weighted by Gasteiger charge is -2.28. The lowest BCUT2D eigenvalue weighted by atomic mass is 9.89. The van der Waals surface area contributed by atoms with Gasteiger partial charge in [-0.3, -0.25) is 4.79 Å². The van der Waals surface area contributed by atoms with Crippen molar-refractivity contribution in [2.24, 2.45) is 11.8 Å². The summed E-state index contributed by atoms with van der Waals surface area (Å²) in [5.41, 5.74) is 9.24. The van der Waals surface area contributed by atoms with Gasteiger partial charge in [-0.2, -0.15) is 0 Å². The molecule has 3 N–H and O–H groups in total. The summed E-state index contributed by atoms with van der Waals surface area (Å²) in [4.78, 5) is 23.7. The molecule has 0 bridgehead atoms. The van der Waals surface area contributed by atoms with E-state index in [1.165, 1.54) is 5.56 Å². The van der Waals surface area contributed by atoms with Crippen LogP contribution in [0.4, 0.5) is 5.95 Å². The van der Waals surface area contributed by atoms with Gasteiger partial charge in [0.25, 0.3) is 5.91 Å². The molecule has 0 unspecified atom stereocenters. The molecule has 2 fully saturated rings. The van der Waals surface area contributed by atoms with Crippen molar-refractivity contribution >= 4 is 36.7 Å². The standard InChI is InChI=1S/C23H23N5O.2ClH/c24-23-26-11-18(12-27-23)16-7-4-8-17(9-16)22(29)28-14-19-10-25-13-20(19)21(28)15-5-2-1-3-6-15;;/h1-9,11-12,19-21,25H,10,13-14H2,(H2,24,26,27);2*1H/t19-,20-,21+;;/m0../s1. The molecule has 1 amide bonds. The number of carbonyl (C=O) groups is 1. The molecule has 0 spiro atoms. The van der Waals surface area contributed by atoms with Crippen LogP contribution in [0.1, 0.15) is 22.0 Å². The van der Waals surface area contributed by atoms with Crippen LogP contribution in [0.25, 0.3) is 11.1 Å². The van der Waals surface area contributed by atoms with Crippen molar-refractivity contribution in [3.63, 3.8) is 0 Å². The van der Waals surface area contributed by atoms with Crippen molar-refractivity contribution < 1.29 is 4.79 Å². The van der Waals surface area contributed by atoms with Crippen LogP contribution in [0.5, 0.6) is 0 Å². The summed E-state index contributed by atoms with van der Waals surface area (Å²) in [6.07, 6.45) is 3.37. The molecule has 3 atom stereocenters. The third-order valence-corrected chi connectivity index (χ3v) is 6.08. The van der Waals surface area contributed by atoms with Gasteiger partial charge in [-0.05, 0) is 29.2 Å². The fourth-order valence-corrected chi connectivity index (χ4v) is 4.69. The Morgan fingerprint density at radius 2 is 1.71 bits per heavy atom. The lowest BCUT2D eigenvalue weighted by Crippen LogP contribution is -2.34. The van der Waals surface area contributed by atoms with Gasteiger partial charge in [0, 0.05) is 49.1 Å². The first-order chi connectivity index (χ1) is 14.2. The third-order valence-electron chi connectivity index (χ3n) is 6.08. The van der Waals surface area contributed by atoms with Crippen LogP contribution in [0.3, 0.4) is 0 Å². The predicted molar refractivity (Wildman–Crippen MR) is 126 cm³/mol. The van der Waals surface area contributed by atoms with Crippen molar-refractivity contribution in [2.75, 3.05) is 25.4 Å². The van der Waals surface area contributed by atoms with Crippen molar-refractivity contribution in [2.45, 2.75) is 6.04 Å². The smallest absolute Gasteiger partial charge is 0.254 e. The molecule has 1 aromatic heterocycles. The van der Waals surface area contributed by atoms with Gasteiger partial charge in [-0.25, -0.2) is 9.97 Å². The molecule has 31 heavy (non-hydrogen) atoms. The summed E-state index contributed by atoms with van der Waals surface area (Å²) in [6, 6.07) is 18.2. The average molecular weight is 458 g/mol. The number of likely N-dealkylation sites (tertiary alicyclic amines) is 1. The predicted octanol–water partition coefficient (Wildman–Crippen LogP) is 3.60. The summed E-state index contributed by atoms with van der Waals surface area (Å²) < 4.78 is 0. The fourth-order valence-electron chi connectivity index (χ4n) is 4.69. The van der Waals surface area contributed by atoms with E-state index in [0.717, 1.165) is 30.8 Å². The van der Waals surface area contributed by atoms with Gasteiger partial charge in [-0.1, -0.05) is 42.5 Å². The second-order valence-electron chi connectivity index (χ2n) is 7.81. The Labute approximate surface area is 194 Å². The Bertz CT molecular complexity index is 1030. The Morgan fingerprint density at radius 3 is 2.45 bits per heavy atom. The van der Waals surface area contributed by atoms with Gasteiger partial charge < -0.3 is 16.0 Å². The number of amides is 1. The number of benzene rings is 2. The molecule has 0 aliphatic carbocycles. The van der Waals surface area contributed by atoms with E-state index in [1.807, 2.05) is 30.3 Å². The van der Waals surface area contributed by atoms with Gasteiger partial charge in [0.1, 0.15) is 0 Å². The highest BCUT2D eigenvalue weighted by Crippen LogP contribution is 2.43. The summed E-state index contributed by atoms with van der Waals surface area (Å²) in [5, 5.41) is 3.50. The monoisotopic (exact) mass is 457 g/mol. The zero-order valence-electron chi connectivity index (χ0n) is 16.8. The number of hydrogen-bond donors (Lipinski definition) is 2. The number of carbonyl (C=O) groups excluding carboxylic acids is 1. The first kappa shape index (κ1) is 23.0. The minimum Gasteiger partial charge on any atom is -0.368 e. The van der Waals surface area contributed by atoms with Gasteiger partial charge in [0.15, 0.2) is 0 Å². The molecule has 3 heterocycles. The number of aromatic nitrogens is 2. The molecule has 2 aliphatic heterocycles. The normalized spacial score (nSPS) is 21.7. The largest absolute Gasteiger partial charge is 0.368 e. The zero-order valence-corrected chi connectivity index (χ0v) is 18.5. The Morgan fingerprint density at radius 1 is 0.968 bits per heavy atom. The molecule has 3 aromatic rings. The van der Waals surface area contributed by atoms with E-state index in [4.69, 9.17) is 5.73 Å². The second kappa shape index (κ2) is 9.64. The topological polar surface area (TPSA) is 84.1 Å². The highest BCUT2D eigenvalue weighted by Gasteiger charge is 2.46. The van der Waals surface area contributed by atoms with E-state index in [9.17, 15) is 4.79 Å². The van der Waals surface area contributed by atoms with Gasteiger partial charge >= 0.3 is 0 Å². The van der Waals surface area contributed by atoms with E-state index in [0.29, 0.717) is 17.4 Å². The number of anilines is 1. The minimum atomic E-state index is 0. The van der Waals surface area contributed by atoms with Gasteiger partial charge in [0.05, 0.1) is 6.04 Å². The Kier molecular flexibility index (Phi) is 7.15. The maximum absolute atomic E-state index is 13.6. The van der Waals surface area contributed by atoms with E-state index in [2.05, 4.69) is 44.5 Å². The second-order valence-corrected chi connectivity index (χ2v) is 7.81. The molecule has 2 aliphatic rings. The first-order valence-electron chi connectivity index (χ1n) is 9.95. The maximum Gasteiger partial charge on any atom is 0.254 e. The van der Waals surface area contributed by atoms with Gasteiger partial charge in [-0.15, -0.1) is 24.8 Å². The van der Waals surface area contributed by atoms with Crippen LogP contribution in [-0.2, 0) is 0 Å². The molecular formula is C23H25Cl2N5O. The minimum absolute atomic E-state index is 0. The number of fused-ring (bicyclic) bond motifs is 1. The molecule has 0 saturated carbocycles. The lowest BCUT2D eigenvalue weighted by molar-refractivity contribution is 0.0714. The summed E-state index contributed by atoms with van der Waals surface area (Å²) in [7, 11) is 0. The number of nitrogens with one attached hydrogen (secondary N) is 1. The van der Waals surface area contributed by atoms with Gasteiger partial charge in [0.2, 0.25) is 5.95 Å². The molecule has 0 radical (unpaired) electrons. The van der Waals surface area contributed by atoms with Crippen molar-refractivity contribution in [1.82, 2.24) is 20.2 Å². The Balaban J connectivity index is 0.00000136. The van der Waals surface area contributed by atoms with E-state index < -0.39 is 0 Å². The summed E-state index contributed by atoms with van der Waals surface area (Å²) in [6.45, 7) is 2.71. The van der Waals surface area contributed by atoms with Crippen LogP contribution >= 0.6 is 24.8 Å². The number of nitrogens with two attached hydrogens (primary N) is 1. The molecule has 2 aromatic carbocycles. The van der Waals surface area contributed by atoms with E-state index in [-0.39, 0.29) is 42.7 Å². The molecule has 8 heteroatoms. The molecule has 5 rings (SSSR count). The van der Waals surface area contributed by atoms with Crippen molar-refractivity contribution in [1.29, 1.82) is 0 Å². The van der Waals surface area contributed by atoms with Crippen LogP contribution in [0.15, 0.2) is 67.0 Å². The zero-order chi connectivity index (χ0) is 19.8. The van der Waals surface area contributed by atoms with Crippen LogP contribution < -0.4 is 11.1 Å². The molecule has 2 saturated heterocycles. The fraction of sp³-hybridized carbons (Fsp3) is 0.261. The SMILES string of the molecule is Cl.Cl.Nc1ncc(-c2cccc(C(=O)N3C[C@@H]4CNC[C@@H]4[C@H]3c3ccccc3)c2)cn1. The van der Waals surface area contributed by atoms with Crippen molar-refractivity contribution in [3.8, 4) is 11.1 Å². The summed E-state index contributed by atoms with van der Waals surface area (Å²) in [5.74, 6) is 1.27. The highest BCUT2D eigenvalue weighted by molar-refractivity contribution is 5.96. The molecule has 162 valence electrons. The van der Waals surface area contributed by atoms with Crippen molar-refractivity contribution in [3.05, 3.63) is 78.1 Å². The highest BCUT2D eigenvalue weighted by atomic mass is 35.5. The maximum atomic E-state index is 13.6. The number of nitrogens with zero attached hydrogens (tertiary/aromatic N) is 3. The number of hydrogen-bond acceptors (Lipinski definition) is 5. The summed E-state index contributed by atoms with van der Waals surface area (Å²) >= 11 is 0. The first-order valence-corrected chi connectivity index (χ1v) is 9.95. The average Bonchev–Trinajstić information content (AvgIpc) is 3.36.